The molecule has 0 aromatic carbocycles. The molecule has 3 heteroatoms. The maximum absolute atomic E-state index is 9.93. The third-order valence-corrected chi connectivity index (χ3v) is 0.747. The Balaban J connectivity index is 0.000000490. The molecule has 0 bridgehead atoms. The third-order valence-electron chi connectivity index (χ3n) is 0.747. The van der Waals surface area contributed by atoms with E-state index in [2.05, 4.69) is 4.42 Å². The fourth-order valence-electron chi connectivity index (χ4n) is 0.375. The predicted molar refractivity (Wildman–Crippen MR) is 22.4 cm³/mol. The van der Waals surface area contributed by atoms with Gasteiger partial charge in [-0.2, -0.15) is 0 Å². The molecule has 38 valence electrons. The molecular weight excluding hydrogens is 131 g/mol. The number of furan rings is 1. The van der Waals surface area contributed by atoms with Crippen LogP contribution in [-0.2, 0) is 6.61 Å². The molecule has 0 radical (unpaired) electrons. The summed E-state index contributed by atoms with van der Waals surface area (Å²) in [5, 5.41) is 9.93. The van der Waals surface area contributed by atoms with Crippen LogP contribution in [0.15, 0.2) is 23.0 Å². The molecule has 8 heavy (non-hydrogen) atoms. The molecule has 0 saturated heterocycles. The van der Waals surface area contributed by atoms with Crippen molar-refractivity contribution in [3.05, 3.63) is 24.2 Å². The van der Waals surface area contributed by atoms with E-state index in [1.54, 1.807) is 6.07 Å². The van der Waals surface area contributed by atoms with Crippen LogP contribution >= 0.6 is 0 Å². The van der Waals surface area contributed by atoms with E-state index in [1.807, 2.05) is 0 Å². The van der Waals surface area contributed by atoms with Crippen LogP contribution in [0.5, 0.6) is 0 Å². The van der Waals surface area contributed by atoms with Gasteiger partial charge in [0.1, 0.15) is 0 Å². The summed E-state index contributed by atoms with van der Waals surface area (Å²) in [4.78, 5) is 0. The average Bonchev–Trinajstić information content (AvgIpc) is 2.14. The fourth-order valence-corrected chi connectivity index (χ4v) is 0.375. The van der Waals surface area contributed by atoms with Crippen molar-refractivity contribution in [3.63, 3.8) is 0 Å². The molecule has 0 spiro atoms. The SMILES string of the molecule is [K+].[O-]Cc1ccoc1. The van der Waals surface area contributed by atoms with Gasteiger partial charge in [-0.05, 0) is 11.6 Å². The first-order chi connectivity index (χ1) is 3.43. The average molecular weight is 136 g/mol. The Morgan fingerprint density at radius 2 is 2.38 bits per heavy atom. The maximum Gasteiger partial charge on any atom is 1.00 e. The molecule has 1 heterocycles. The maximum atomic E-state index is 9.93. The minimum Gasteiger partial charge on any atom is -0.851 e. The zero-order chi connectivity index (χ0) is 5.11. The monoisotopic (exact) mass is 136 g/mol. The van der Waals surface area contributed by atoms with E-state index in [-0.39, 0.29) is 58.0 Å². The van der Waals surface area contributed by atoms with Gasteiger partial charge in [-0.25, -0.2) is 0 Å². The van der Waals surface area contributed by atoms with Crippen LogP contribution < -0.4 is 56.5 Å². The first kappa shape index (κ1) is 8.88. The number of hydrogen-bond donors (Lipinski definition) is 0. The zero-order valence-electron chi connectivity index (χ0n) is 4.76. The topological polar surface area (TPSA) is 36.2 Å². The second-order valence-corrected chi connectivity index (χ2v) is 1.28. The summed E-state index contributed by atoms with van der Waals surface area (Å²) in [6.07, 6.45) is 2.94. The van der Waals surface area contributed by atoms with Crippen LogP contribution in [0.4, 0.5) is 0 Å². The van der Waals surface area contributed by atoms with Gasteiger partial charge < -0.3 is 9.52 Å². The largest absolute Gasteiger partial charge is 1.00 e. The minimum atomic E-state index is -0.184. The van der Waals surface area contributed by atoms with E-state index in [0.717, 1.165) is 0 Å². The Labute approximate surface area is 90.3 Å². The van der Waals surface area contributed by atoms with Gasteiger partial charge in [-0.15, -0.1) is 6.61 Å². The molecule has 0 aliphatic rings. The van der Waals surface area contributed by atoms with Gasteiger partial charge in [0.05, 0.1) is 12.5 Å². The fraction of sp³-hybridized carbons (Fsp3) is 0.200. The van der Waals surface area contributed by atoms with Crippen molar-refractivity contribution in [3.8, 4) is 0 Å². The third kappa shape index (κ3) is 2.43. The van der Waals surface area contributed by atoms with E-state index >= 15 is 0 Å². The van der Waals surface area contributed by atoms with Gasteiger partial charge in [0.15, 0.2) is 0 Å². The molecule has 1 aromatic rings. The summed E-state index contributed by atoms with van der Waals surface area (Å²) in [6, 6.07) is 1.66. The summed E-state index contributed by atoms with van der Waals surface area (Å²) >= 11 is 0. The minimum absolute atomic E-state index is 0. The molecule has 0 saturated carbocycles. The van der Waals surface area contributed by atoms with Crippen molar-refractivity contribution in [2.75, 3.05) is 0 Å². The van der Waals surface area contributed by atoms with Crippen molar-refractivity contribution < 1.29 is 60.9 Å². The molecule has 0 amide bonds. The molecular formula is C5H5KO2. The van der Waals surface area contributed by atoms with Crippen LogP contribution in [-0.4, -0.2) is 0 Å². The summed E-state index contributed by atoms with van der Waals surface area (Å²) in [7, 11) is 0. The van der Waals surface area contributed by atoms with Gasteiger partial charge in [0.2, 0.25) is 0 Å². The molecule has 0 aliphatic carbocycles. The van der Waals surface area contributed by atoms with E-state index in [9.17, 15) is 5.11 Å². The smallest absolute Gasteiger partial charge is 0.851 e. The van der Waals surface area contributed by atoms with E-state index in [4.69, 9.17) is 0 Å². The second kappa shape index (κ2) is 4.73. The Bertz CT molecular complexity index is 125. The molecule has 0 N–H and O–H groups in total. The molecule has 1 aromatic heterocycles. The zero-order valence-corrected chi connectivity index (χ0v) is 7.88. The van der Waals surface area contributed by atoms with Crippen molar-refractivity contribution in [2.45, 2.75) is 6.61 Å². The van der Waals surface area contributed by atoms with E-state index in [0.29, 0.717) is 5.56 Å². The molecule has 0 atom stereocenters. The van der Waals surface area contributed by atoms with Crippen molar-refractivity contribution >= 4 is 0 Å². The quantitative estimate of drug-likeness (QED) is 0.389. The Morgan fingerprint density at radius 1 is 1.62 bits per heavy atom. The van der Waals surface area contributed by atoms with E-state index < -0.39 is 0 Å². The Kier molecular flexibility index (Phi) is 5.24. The van der Waals surface area contributed by atoms with Crippen LogP contribution in [0.3, 0.4) is 0 Å². The van der Waals surface area contributed by atoms with Crippen molar-refractivity contribution in [2.24, 2.45) is 0 Å². The first-order valence-electron chi connectivity index (χ1n) is 2.02. The van der Waals surface area contributed by atoms with Gasteiger partial charge in [-0.3, -0.25) is 0 Å². The summed E-state index contributed by atoms with van der Waals surface area (Å²) < 4.78 is 4.61. The second-order valence-electron chi connectivity index (χ2n) is 1.28. The molecule has 0 unspecified atom stereocenters. The number of rotatable bonds is 1. The van der Waals surface area contributed by atoms with Crippen LogP contribution in [0.2, 0.25) is 0 Å². The first-order valence-corrected chi connectivity index (χ1v) is 2.02. The standard InChI is InChI=1S/C5H5O2.K/c6-3-5-1-2-7-4-5;/h1-2,4H,3H2;/q-1;+1. The van der Waals surface area contributed by atoms with Gasteiger partial charge in [0, 0.05) is 0 Å². The summed E-state index contributed by atoms with van der Waals surface area (Å²) in [5.41, 5.74) is 0.708. The molecule has 2 nitrogen and oxygen atoms in total. The van der Waals surface area contributed by atoms with E-state index in [1.165, 1.54) is 12.5 Å². The molecule has 1 rings (SSSR count). The van der Waals surface area contributed by atoms with Gasteiger partial charge in [-0.1, -0.05) is 0 Å². The normalized spacial score (nSPS) is 8.12. The Morgan fingerprint density at radius 3 is 2.62 bits per heavy atom. The van der Waals surface area contributed by atoms with Crippen molar-refractivity contribution in [1.82, 2.24) is 0 Å². The summed E-state index contributed by atoms with van der Waals surface area (Å²) in [5.74, 6) is 0. The number of hydrogen-bond acceptors (Lipinski definition) is 2. The van der Waals surface area contributed by atoms with Gasteiger partial charge >= 0.3 is 51.4 Å². The predicted octanol–water partition coefficient (Wildman–Crippen LogP) is -2.86. The Hall–Kier alpha value is 0.876. The van der Waals surface area contributed by atoms with Crippen LogP contribution in [0.25, 0.3) is 0 Å². The molecule has 0 fully saturated rings. The molecule has 0 aliphatic heterocycles. The summed E-state index contributed by atoms with van der Waals surface area (Å²) in [6.45, 7) is -0.184. The van der Waals surface area contributed by atoms with Crippen LogP contribution in [0.1, 0.15) is 5.56 Å². The van der Waals surface area contributed by atoms with Crippen LogP contribution in [0, 0.1) is 0 Å². The van der Waals surface area contributed by atoms with Gasteiger partial charge in [0.25, 0.3) is 0 Å². The van der Waals surface area contributed by atoms with Crippen molar-refractivity contribution in [1.29, 1.82) is 0 Å².